The summed E-state index contributed by atoms with van der Waals surface area (Å²) in [5.74, 6) is 1.07. The predicted molar refractivity (Wildman–Crippen MR) is 143 cm³/mol. The number of benzene rings is 4. The van der Waals surface area contributed by atoms with E-state index in [9.17, 15) is 9.90 Å². The molecule has 0 saturated carbocycles. The van der Waals surface area contributed by atoms with Crippen molar-refractivity contribution in [3.63, 3.8) is 0 Å². The average molecular weight is 481 g/mol. The molecule has 0 unspecified atom stereocenters. The van der Waals surface area contributed by atoms with E-state index in [4.69, 9.17) is 9.47 Å². The van der Waals surface area contributed by atoms with E-state index in [0.29, 0.717) is 11.5 Å². The van der Waals surface area contributed by atoms with Crippen LogP contribution < -0.4 is 9.47 Å². The summed E-state index contributed by atoms with van der Waals surface area (Å²) >= 11 is 0. The molecule has 4 aromatic carbocycles. The molecule has 0 aliphatic rings. The third kappa shape index (κ3) is 5.44. The first-order valence-corrected chi connectivity index (χ1v) is 12.0. The molecule has 0 spiro atoms. The maximum Gasteiger partial charge on any atom is 0.519 e. The number of phenols is 1. The van der Waals surface area contributed by atoms with Crippen LogP contribution in [-0.2, 0) is 10.8 Å². The molecule has 0 atom stereocenters. The first-order chi connectivity index (χ1) is 17.1. The lowest BCUT2D eigenvalue weighted by atomic mass is 9.78. The van der Waals surface area contributed by atoms with Gasteiger partial charge < -0.3 is 14.6 Å². The molecule has 4 aromatic rings. The van der Waals surface area contributed by atoms with E-state index in [1.165, 1.54) is 11.1 Å². The highest BCUT2D eigenvalue weighted by Gasteiger charge is 2.24. The molecule has 0 aliphatic carbocycles. The van der Waals surface area contributed by atoms with Crippen LogP contribution in [0.5, 0.6) is 17.2 Å². The summed E-state index contributed by atoms with van der Waals surface area (Å²) in [6, 6.07) is 30.6. The first-order valence-electron chi connectivity index (χ1n) is 12.0. The molecule has 0 fully saturated rings. The fraction of sp³-hybridized carbons (Fsp3) is 0.219. The zero-order valence-corrected chi connectivity index (χ0v) is 21.4. The SMILES string of the molecule is Cc1ccc(C(C)(C)c2ccc(OC(=O)Oc3ccc(C(C)(C)c4ccc(O)cc4)cc3)cc2)cc1. The summed E-state index contributed by atoms with van der Waals surface area (Å²) in [5.41, 5.74) is 5.25. The number of aryl methyl sites for hydroxylation is 1. The van der Waals surface area contributed by atoms with Crippen LogP contribution in [0.1, 0.15) is 55.5 Å². The number of hydrogen-bond acceptors (Lipinski definition) is 4. The Labute approximate surface area is 213 Å². The van der Waals surface area contributed by atoms with Gasteiger partial charge in [0.1, 0.15) is 17.2 Å². The van der Waals surface area contributed by atoms with Crippen molar-refractivity contribution in [2.75, 3.05) is 0 Å². The topological polar surface area (TPSA) is 55.8 Å². The van der Waals surface area contributed by atoms with E-state index in [1.54, 1.807) is 36.4 Å². The van der Waals surface area contributed by atoms with E-state index in [2.05, 4.69) is 58.9 Å². The van der Waals surface area contributed by atoms with E-state index >= 15 is 0 Å². The molecule has 184 valence electrons. The molecule has 0 heterocycles. The number of phenolic OH excluding ortho intramolecular Hbond substituents is 1. The maximum absolute atomic E-state index is 12.4. The average Bonchev–Trinajstić information content (AvgIpc) is 2.85. The zero-order valence-electron chi connectivity index (χ0n) is 21.4. The quantitative estimate of drug-likeness (QED) is 0.225. The van der Waals surface area contributed by atoms with Crippen LogP contribution in [0.3, 0.4) is 0 Å². The lowest BCUT2D eigenvalue weighted by molar-refractivity contribution is 0.152. The number of carbonyl (C=O) groups excluding carboxylic acids is 1. The van der Waals surface area contributed by atoms with Gasteiger partial charge in [0.05, 0.1) is 0 Å². The molecule has 0 radical (unpaired) electrons. The van der Waals surface area contributed by atoms with Crippen LogP contribution in [0.15, 0.2) is 97.1 Å². The van der Waals surface area contributed by atoms with Gasteiger partial charge in [-0.1, -0.05) is 93.9 Å². The zero-order chi connectivity index (χ0) is 25.9. The molecule has 0 saturated heterocycles. The number of hydrogen-bond donors (Lipinski definition) is 1. The first kappa shape index (κ1) is 25.1. The molecule has 0 amide bonds. The van der Waals surface area contributed by atoms with Crippen LogP contribution in [-0.4, -0.2) is 11.3 Å². The molecule has 36 heavy (non-hydrogen) atoms. The highest BCUT2D eigenvalue weighted by Crippen LogP contribution is 2.34. The van der Waals surface area contributed by atoms with Crippen molar-refractivity contribution in [3.8, 4) is 17.2 Å². The second kappa shape index (κ2) is 9.90. The monoisotopic (exact) mass is 480 g/mol. The van der Waals surface area contributed by atoms with Crippen molar-refractivity contribution in [2.45, 2.75) is 45.4 Å². The van der Waals surface area contributed by atoms with Gasteiger partial charge in [-0.3, -0.25) is 0 Å². The van der Waals surface area contributed by atoms with Crippen molar-refractivity contribution in [2.24, 2.45) is 0 Å². The number of carbonyl (C=O) groups is 1. The van der Waals surface area contributed by atoms with Gasteiger partial charge in [0.2, 0.25) is 0 Å². The molecular formula is C32H32O4. The minimum atomic E-state index is -0.786. The third-order valence-corrected chi connectivity index (χ3v) is 6.92. The summed E-state index contributed by atoms with van der Waals surface area (Å²) in [4.78, 5) is 12.4. The van der Waals surface area contributed by atoms with Gasteiger partial charge in [-0.15, -0.1) is 0 Å². The number of aromatic hydroxyl groups is 1. The van der Waals surface area contributed by atoms with Gasteiger partial charge in [0, 0.05) is 10.8 Å². The van der Waals surface area contributed by atoms with Crippen molar-refractivity contribution in [3.05, 3.63) is 125 Å². The second-order valence-electron chi connectivity index (χ2n) is 10.2. The van der Waals surface area contributed by atoms with E-state index in [1.807, 2.05) is 36.4 Å². The highest BCUT2D eigenvalue weighted by atomic mass is 16.7. The Morgan fingerprint density at radius 2 is 0.861 bits per heavy atom. The minimum Gasteiger partial charge on any atom is -0.508 e. The minimum absolute atomic E-state index is 0.178. The van der Waals surface area contributed by atoms with Crippen LogP contribution in [0.2, 0.25) is 0 Å². The summed E-state index contributed by atoms with van der Waals surface area (Å²) in [5, 5.41) is 9.56. The van der Waals surface area contributed by atoms with Crippen LogP contribution in [0, 0.1) is 6.92 Å². The van der Waals surface area contributed by atoms with Crippen molar-refractivity contribution in [1.82, 2.24) is 0 Å². The largest absolute Gasteiger partial charge is 0.519 e. The van der Waals surface area contributed by atoms with E-state index in [0.717, 1.165) is 16.7 Å². The Bertz CT molecular complexity index is 1210. The van der Waals surface area contributed by atoms with Crippen LogP contribution in [0.4, 0.5) is 4.79 Å². The van der Waals surface area contributed by atoms with Crippen molar-refractivity contribution >= 4 is 6.16 Å². The van der Waals surface area contributed by atoms with Crippen molar-refractivity contribution < 1.29 is 19.4 Å². The van der Waals surface area contributed by atoms with E-state index < -0.39 is 6.16 Å². The van der Waals surface area contributed by atoms with Gasteiger partial charge >= 0.3 is 6.16 Å². The Kier molecular flexibility index (Phi) is 6.89. The highest BCUT2D eigenvalue weighted by molar-refractivity contribution is 5.67. The molecule has 4 heteroatoms. The normalized spacial score (nSPS) is 11.7. The molecule has 4 nitrogen and oxygen atoms in total. The lowest BCUT2D eigenvalue weighted by Gasteiger charge is -2.26. The van der Waals surface area contributed by atoms with Crippen molar-refractivity contribution in [1.29, 1.82) is 0 Å². The molecular weight excluding hydrogens is 448 g/mol. The van der Waals surface area contributed by atoms with Gasteiger partial charge in [0.15, 0.2) is 0 Å². The predicted octanol–water partition coefficient (Wildman–Crippen LogP) is 7.93. The Morgan fingerprint density at radius 3 is 1.22 bits per heavy atom. The Hall–Kier alpha value is -4.05. The van der Waals surface area contributed by atoms with Gasteiger partial charge in [0.25, 0.3) is 0 Å². The Morgan fingerprint density at radius 1 is 0.556 bits per heavy atom. The summed E-state index contributed by atoms with van der Waals surface area (Å²) in [7, 11) is 0. The summed E-state index contributed by atoms with van der Waals surface area (Å²) in [6.45, 7) is 10.6. The van der Waals surface area contributed by atoms with Gasteiger partial charge in [-0.2, -0.15) is 0 Å². The second-order valence-corrected chi connectivity index (χ2v) is 10.2. The Balaban J connectivity index is 1.39. The van der Waals surface area contributed by atoms with Crippen LogP contribution in [0.25, 0.3) is 0 Å². The molecule has 0 bridgehead atoms. The third-order valence-electron chi connectivity index (χ3n) is 6.92. The fourth-order valence-corrected chi connectivity index (χ4v) is 4.27. The lowest BCUT2D eigenvalue weighted by Crippen LogP contribution is -2.19. The summed E-state index contributed by atoms with van der Waals surface area (Å²) in [6.07, 6.45) is -0.786. The number of ether oxygens (including phenoxy) is 2. The molecule has 4 rings (SSSR count). The smallest absolute Gasteiger partial charge is 0.508 e. The maximum atomic E-state index is 12.4. The fourth-order valence-electron chi connectivity index (χ4n) is 4.27. The van der Waals surface area contributed by atoms with Gasteiger partial charge in [-0.05, 0) is 65.6 Å². The standard InChI is InChI=1S/C32H32O4/c1-22-6-8-23(9-7-22)31(2,3)25-12-18-28(19-13-25)35-30(34)36-29-20-14-26(15-21-29)32(4,5)24-10-16-27(33)17-11-24/h6-21,33H,1-5H3. The van der Waals surface area contributed by atoms with E-state index in [-0.39, 0.29) is 16.6 Å². The molecule has 1 N–H and O–H groups in total. The number of rotatable bonds is 6. The summed E-state index contributed by atoms with van der Waals surface area (Å²) < 4.78 is 10.8. The van der Waals surface area contributed by atoms with Crippen LogP contribution >= 0.6 is 0 Å². The molecule has 0 aromatic heterocycles. The van der Waals surface area contributed by atoms with Gasteiger partial charge in [-0.25, -0.2) is 4.79 Å². The molecule has 0 aliphatic heterocycles.